The van der Waals surface area contributed by atoms with E-state index < -0.39 is 9.84 Å². The van der Waals surface area contributed by atoms with Crippen LogP contribution in [0.5, 0.6) is 5.75 Å². The number of benzene rings is 1. The molecule has 2 aromatic heterocycles. The number of nitrogens with one attached hydrogen (secondary N) is 1. The molecule has 0 unspecified atom stereocenters. The van der Waals surface area contributed by atoms with Gasteiger partial charge >= 0.3 is 0 Å². The summed E-state index contributed by atoms with van der Waals surface area (Å²) in [5, 5.41) is 13.7. The lowest BCUT2D eigenvalue weighted by atomic mass is 10.2. The summed E-state index contributed by atoms with van der Waals surface area (Å²) >= 11 is 2.44. The van der Waals surface area contributed by atoms with Crippen molar-refractivity contribution in [1.82, 2.24) is 15.2 Å². The lowest BCUT2D eigenvalue weighted by molar-refractivity contribution is 0.415. The minimum atomic E-state index is -3.57. The van der Waals surface area contributed by atoms with Crippen molar-refractivity contribution >= 4 is 37.6 Å². The zero-order valence-corrected chi connectivity index (χ0v) is 16.7. The van der Waals surface area contributed by atoms with Crippen LogP contribution in [-0.2, 0) is 15.6 Å². The van der Waals surface area contributed by atoms with Gasteiger partial charge in [-0.3, -0.25) is 0 Å². The summed E-state index contributed by atoms with van der Waals surface area (Å²) in [5.41, 5.74) is 1.38. The van der Waals surface area contributed by atoms with Crippen LogP contribution < -0.4 is 10.1 Å². The van der Waals surface area contributed by atoms with Crippen molar-refractivity contribution < 1.29 is 13.2 Å². The predicted molar refractivity (Wildman–Crippen MR) is 104 cm³/mol. The molecule has 0 atom stereocenters. The lowest BCUT2D eigenvalue weighted by Gasteiger charge is -2.01. The van der Waals surface area contributed by atoms with Crippen molar-refractivity contribution in [2.75, 3.05) is 19.0 Å². The molecule has 0 bridgehead atoms. The Hall–Kier alpha value is -2.04. The second kappa shape index (κ2) is 8.11. The van der Waals surface area contributed by atoms with Crippen molar-refractivity contribution in [3.63, 3.8) is 0 Å². The second-order valence-electron chi connectivity index (χ2n) is 5.43. The zero-order valence-electron chi connectivity index (χ0n) is 14.3. The van der Waals surface area contributed by atoms with Gasteiger partial charge in [0.2, 0.25) is 19.3 Å². The normalized spacial score (nSPS) is 11.5. The number of hydrogen-bond acceptors (Lipinski definition) is 9. The maximum atomic E-state index is 12.6. The summed E-state index contributed by atoms with van der Waals surface area (Å²) in [6.07, 6.45) is 0.924. The van der Waals surface area contributed by atoms with Crippen LogP contribution in [0.1, 0.15) is 19.0 Å². The van der Waals surface area contributed by atoms with Crippen molar-refractivity contribution in [2.45, 2.75) is 23.4 Å². The van der Waals surface area contributed by atoms with E-state index in [4.69, 9.17) is 4.74 Å². The standard InChI is InChI=1S/C16H18N4O3S3/c1-3-7-17-15-19-20-16(25-15)26(21,22)10-12-9-24-14(18-12)11-5-4-6-13(8-11)23-2/h4-6,8-9H,3,7,10H2,1-2H3,(H,17,19). The molecule has 3 aromatic rings. The largest absolute Gasteiger partial charge is 0.497 e. The first-order valence-electron chi connectivity index (χ1n) is 7.91. The average molecular weight is 411 g/mol. The Balaban J connectivity index is 1.76. The molecule has 3 rings (SSSR count). The molecule has 0 aliphatic carbocycles. The Morgan fingerprint density at radius 2 is 2.12 bits per heavy atom. The SMILES string of the molecule is CCCNc1nnc(S(=O)(=O)Cc2csc(-c3cccc(OC)c3)n2)s1. The van der Waals surface area contributed by atoms with Gasteiger partial charge in [-0.25, -0.2) is 13.4 Å². The van der Waals surface area contributed by atoms with Crippen LogP contribution >= 0.6 is 22.7 Å². The van der Waals surface area contributed by atoms with E-state index in [2.05, 4.69) is 20.5 Å². The van der Waals surface area contributed by atoms with Crippen LogP contribution in [0, 0.1) is 0 Å². The highest BCUT2D eigenvalue weighted by atomic mass is 32.2. The molecule has 10 heteroatoms. The van der Waals surface area contributed by atoms with Gasteiger partial charge in [0.05, 0.1) is 12.8 Å². The van der Waals surface area contributed by atoms with Crippen molar-refractivity contribution in [3.05, 3.63) is 35.3 Å². The molecule has 0 saturated carbocycles. The number of nitrogens with zero attached hydrogens (tertiary/aromatic N) is 3. The molecule has 0 fully saturated rings. The van der Waals surface area contributed by atoms with Gasteiger partial charge < -0.3 is 10.1 Å². The smallest absolute Gasteiger partial charge is 0.234 e. The number of ether oxygens (including phenoxy) is 1. The molecule has 2 heterocycles. The van der Waals surface area contributed by atoms with Gasteiger partial charge in [0.25, 0.3) is 0 Å². The molecule has 0 radical (unpaired) electrons. The Labute approximate surface area is 160 Å². The summed E-state index contributed by atoms with van der Waals surface area (Å²) in [6.45, 7) is 2.75. The van der Waals surface area contributed by atoms with E-state index in [-0.39, 0.29) is 10.1 Å². The Kier molecular flexibility index (Phi) is 5.84. The van der Waals surface area contributed by atoms with Crippen LogP contribution in [0.15, 0.2) is 34.0 Å². The van der Waals surface area contributed by atoms with Crippen molar-refractivity contribution in [3.8, 4) is 16.3 Å². The molecule has 0 saturated heterocycles. The Morgan fingerprint density at radius 1 is 1.27 bits per heavy atom. The number of thiazole rings is 1. The van der Waals surface area contributed by atoms with E-state index in [0.29, 0.717) is 10.8 Å². The average Bonchev–Trinajstić information content (AvgIpc) is 3.29. The summed E-state index contributed by atoms with van der Waals surface area (Å²) in [6, 6.07) is 7.50. The highest BCUT2D eigenvalue weighted by Crippen LogP contribution is 2.29. The van der Waals surface area contributed by atoms with Gasteiger partial charge in [0.15, 0.2) is 0 Å². The Morgan fingerprint density at radius 3 is 2.88 bits per heavy atom. The number of anilines is 1. The van der Waals surface area contributed by atoms with Gasteiger partial charge in [0.1, 0.15) is 16.5 Å². The molecule has 26 heavy (non-hydrogen) atoms. The summed E-state index contributed by atoms with van der Waals surface area (Å²) in [5.74, 6) is 0.531. The minimum absolute atomic E-state index is 0.00651. The molecule has 0 aliphatic heterocycles. The highest BCUT2D eigenvalue weighted by Gasteiger charge is 2.22. The molecule has 0 aliphatic rings. The predicted octanol–water partition coefficient (Wildman–Crippen LogP) is 3.47. The van der Waals surface area contributed by atoms with Gasteiger partial charge in [-0.2, -0.15) is 0 Å². The van der Waals surface area contributed by atoms with E-state index in [1.807, 2.05) is 31.2 Å². The van der Waals surface area contributed by atoms with E-state index in [0.717, 1.165) is 40.6 Å². The molecule has 1 aromatic carbocycles. The number of hydrogen-bond donors (Lipinski definition) is 1. The highest BCUT2D eigenvalue weighted by molar-refractivity contribution is 7.92. The summed E-state index contributed by atoms with van der Waals surface area (Å²) in [7, 11) is -1.97. The van der Waals surface area contributed by atoms with Crippen LogP contribution in [0.25, 0.3) is 10.6 Å². The fraction of sp³-hybridized carbons (Fsp3) is 0.312. The molecular weight excluding hydrogens is 392 g/mol. The van der Waals surface area contributed by atoms with Gasteiger partial charge in [-0.05, 0) is 18.6 Å². The molecule has 138 valence electrons. The fourth-order valence-corrected chi connectivity index (χ4v) is 5.33. The molecule has 0 spiro atoms. The third-order valence-corrected chi connectivity index (χ3v) is 7.32. The van der Waals surface area contributed by atoms with Crippen LogP contribution in [-0.4, -0.2) is 37.3 Å². The van der Waals surface area contributed by atoms with Crippen LogP contribution in [0.4, 0.5) is 5.13 Å². The first-order chi connectivity index (χ1) is 12.5. The Bertz CT molecular complexity index is 982. The first-order valence-corrected chi connectivity index (χ1v) is 11.3. The molecule has 0 amide bonds. The topological polar surface area (TPSA) is 94.1 Å². The molecular formula is C16H18N4O3S3. The monoisotopic (exact) mass is 410 g/mol. The third-order valence-electron chi connectivity index (χ3n) is 3.41. The number of aromatic nitrogens is 3. The summed E-state index contributed by atoms with van der Waals surface area (Å²) < 4.78 is 30.3. The lowest BCUT2D eigenvalue weighted by Crippen LogP contribution is -2.05. The third kappa shape index (κ3) is 4.37. The van der Waals surface area contributed by atoms with Crippen molar-refractivity contribution in [2.24, 2.45) is 0 Å². The van der Waals surface area contributed by atoms with Gasteiger partial charge in [-0.1, -0.05) is 30.4 Å². The minimum Gasteiger partial charge on any atom is -0.497 e. The van der Waals surface area contributed by atoms with E-state index in [9.17, 15) is 8.42 Å². The molecule has 1 N–H and O–H groups in total. The molecule has 7 nitrogen and oxygen atoms in total. The number of methoxy groups -OCH3 is 1. The second-order valence-corrected chi connectivity index (χ2v) is 9.43. The van der Waals surface area contributed by atoms with Crippen molar-refractivity contribution in [1.29, 1.82) is 0 Å². The van der Waals surface area contributed by atoms with Crippen LogP contribution in [0.3, 0.4) is 0 Å². The van der Waals surface area contributed by atoms with E-state index in [1.54, 1.807) is 12.5 Å². The van der Waals surface area contributed by atoms with E-state index in [1.165, 1.54) is 11.3 Å². The maximum Gasteiger partial charge on any atom is 0.234 e. The number of rotatable bonds is 8. The maximum absolute atomic E-state index is 12.6. The first kappa shape index (κ1) is 18.7. The summed E-state index contributed by atoms with van der Waals surface area (Å²) in [4.78, 5) is 4.45. The van der Waals surface area contributed by atoms with Gasteiger partial charge in [0, 0.05) is 17.5 Å². The van der Waals surface area contributed by atoms with Crippen LogP contribution in [0.2, 0.25) is 0 Å². The van der Waals surface area contributed by atoms with E-state index >= 15 is 0 Å². The fourth-order valence-electron chi connectivity index (χ4n) is 2.16. The number of sulfone groups is 1. The van der Waals surface area contributed by atoms with Gasteiger partial charge in [-0.15, -0.1) is 21.5 Å². The quantitative estimate of drug-likeness (QED) is 0.608. The zero-order chi connectivity index (χ0) is 18.6.